The van der Waals surface area contributed by atoms with Crippen LogP contribution in [0.3, 0.4) is 0 Å². The average Bonchev–Trinajstić information content (AvgIpc) is 3.43. The van der Waals surface area contributed by atoms with Crippen LogP contribution < -0.4 is 10.9 Å². The molecule has 0 fully saturated rings. The predicted octanol–water partition coefficient (Wildman–Crippen LogP) is 3.42. The fourth-order valence-corrected chi connectivity index (χ4v) is 3.70. The summed E-state index contributed by atoms with van der Waals surface area (Å²) in [5.74, 6) is -0.491. The van der Waals surface area contributed by atoms with Crippen molar-refractivity contribution in [1.82, 2.24) is 29.5 Å². The van der Waals surface area contributed by atoms with Gasteiger partial charge in [-0.3, -0.25) is 24.7 Å². The van der Waals surface area contributed by atoms with Crippen molar-refractivity contribution in [2.75, 3.05) is 5.32 Å². The first kappa shape index (κ1) is 22.0. The highest BCUT2D eigenvalue weighted by Gasteiger charge is 2.20. The number of nitro groups is 1. The Labute approximate surface area is 200 Å². The van der Waals surface area contributed by atoms with Gasteiger partial charge in [-0.05, 0) is 25.1 Å². The summed E-state index contributed by atoms with van der Waals surface area (Å²) in [6.07, 6.45) is 1.42. The lowest BCUT2D eigenvalue weighted by molar-refractivity contribution is -0.384. The molecule has 2 aromatic carbocycles. The highest BCUT2D eigenvalue weighted by atomic mass is 35.5. The maximum absolute atomic E-state index is 12.9. The van der Waals surface area contributed by atoms with E-state index < -0.39 is 16.4 Å². The van der Waals surface area contributed by atoms with E-state index in [1.54, 1.807) is 13.0 Å². The Morgan fingerprint density at radius 2 is 1.91 bits per heavy atom. The van der Waals surface area contributed by atoms with Crippen LogP contribution in [0.4, 0.5) is 11.5 Å². The first-order chi connectivity index (χ1) is 16.8. The Morgan fingerprint density at radius 3 is 2.66 bits per heavy atom. The third-order valence-corrected chi connectivity index (χ3v) is 5.44. The van der Waals surface area contributed by atoms with Gasteiger partial charge in [-0.1, -0.05) is 29.8 Å². The van der Waals surface area contributed by atoms with Gasteiger partial charge in [-0.2, -0.15) is 19.9 Å². The van der Waals surface area contributed by atoms with Gasteiger partial charge in [0, 0.05) is 18.2 Å². The van der Waals surface area contributed by atoms with Crippen molar-refractivity contribution in [1.29, 1.82) is 0 Å². The molecule has 12 nitrogen and oxygen atoms in total. The maximum Gasteiger partial charge on any atom is 0.270 e. The van der Waals surface area contributed by atoms with Gasteiger partial charge in [0.05, 0.1) is 33.1 Å². The number of carbonyl (C=O) groups excluding carboxylic acids is 1. The number of anilines is 1. The SMILES string of the molecule is Cc1cc(NC(=O)c2cc([N+](=O)[O-])ccc2Cl)n(-c2nc3c(cnn3-c3ccccc3)c(=O)[nH]2)n1. The number of amides is 1. The highest BCUT2D eigenvalue weighted by Crippen LogP contribution is 2.24. The zero-order valence-electron chi connectivity index (χ0n) is 18.0. The summed E-state index contributed by atoms with van der Waals surface area (Å²) in [6.45, 7) is 1.69. The van der Waals surface area contributed by atoms with Crippen LogP contribution in [0.15, 0.2) is 65.6 Å². The van der Waals surface area contributed by atoms with Crippen molar-refractivity contribution in [2.45, 2.75) is 6.92 Å². The molecule has 2 N–H and O–H groups in total. The number of nitrogens with zero attached hydrogens (tertiary/aromatic N) is 6. The molecule has 0 atom stereocenters. The molecule has 3 aromatic heterocycles. The van der Waals surface area contributed by atoms with E-state index >= 15 is 0 Å². The van der Waals surface area contributed by atoms with Crippen LogP contribution in [0.1, 0.15) is 16.1 Å². The van der Waals surface area contributed by atoms with Crippen LogP contribution in [0.2, 0.25) is 5.02 Å². The van der Waals surface area contributed by atoms with Crippen molar-refractivity contribution in [2.24, 2.45) is 0 Å². The molecule has 13 heteroatoms. The zero-order chi connectivity index (χ0) is 24.7. The third kappa shape index (κ3) is 4.02. The number of nitro benzene ring substituents is 1. The highest BCUT2D eigenvalue weighted by molar-refractivity contribution is 6.34. The summed E-state index contributed by atoms with van der Waals surface area (Å²) in [4.78, 5) is 43.3. The molecule has 0 saturated carbocycles. The number of non-ortho nitro benzene ring substituents is 1. The molecule has 1 amide bonds. The number of benzene rings is 2. The number of H-pyrrole nitrogens is 1. The van der Waals surface area contributed by atoms with E-state index in [9.17, 15) is 19.7 Å². The van der Waals surface area contributed by atoms with E-state index in [2.05, 4.69) is 25.5 Å². The minimum absolute atomic E-state index is 0.0359. The molecule has 0 radical (unpaired) electrons. The van der Waals surface area contributed by atoms with E-state index in [-0.39, 0.29) is 33.4 Å². The molecular weight excluding hydrogens is 476 g/mol. The van der Waals surface area contributed by atoms with Gasteiger partial charge in [0.15, 0.2) is 5.65 Å². The van der Waals surface area contributed by atoms with Crippen molar-refractivity contribution < 1.29 is 9.72 Å². The van der Waals surface area contributed by atoms with Crippen LogP contribution in [0.25, 0.3) is 22.7 Å². The van der Waals surface area contributed by atoms with Gasteiger partial charge in [-0.15, -0.1) is 0 Å². The zero-order valence-corrected chi connectivity index (χ0v) is 18.7. The quantitative estimate of drug-likeness (QED) is 0.282. The molecule has 0 spiro atoms. The largest absolute Gasteiger partial charge is 0.306 e. The monoisotopic (exact) mass is 490 g/mol. The second kappa shape index (κ2) is 8.50. The molecule has 5 aromatic rings. The van der Waals surface area contributed by atoms with Crippen LogP contribution in [0, 0.1) is 17.0 Å². The Hall–Kier alpha value is -4.84. The molecule has 174 valence electrons. The summed E-state index contributed by atoms with van der Waals surface area (Å²) < 4.78 is 2.77. The summed E-state index contributed by atoms with van der Waals surface area (Å²) in [6, 6.07) is 14.3. The minimum atomic E-state index is -0.697. The molecule has 0 bridgehead atoms. The average molecular weight is 491 g/mol. The summed E-state index contributed by atoms with van der Waals surface area (Å²) in [7, 11) is 0. The van der Waals surface area contributed by atoms with Gasteiger partial charge in [0.1, 0.15) is 11.2 Å². The summed E-state index contributed by atoms with van der Waals surface area (Å²) in [5.41, 5.74) is 0.698. The summed E-state index contributed by atoms with van der Waals surface area (Å²) >= 11 is 6.10. The smallest absolute Gasteiger partial charge is 0.270 e. The number of nitrogens with one attached hydrogen (secondary N) is 2. The van der Waals surface area contributed by atoms with Crippen molar-refractivity contribution >= 4 is 40.0 Å². The number of aryl methyl sites for hydroxylation is 1. The number of fused-ring (bicyclic) bond motifs is 1. The second-order valence-electron chi connectivity index (χ2n) is 7.48. The van der Waals surface area contributed by atoms with Crippen LogP contribution in [-0.4, -0.2) is 40.4 Å². The van der Waals surface area contributed by atoms with Crippen molar-refractivity contribution in [3.05, 3.63) is 97.5 Å². The lowest BCUT2D eigenvalue weighted by Crippen LogP contribution is -2.19. The van der Waals surface area contributed by atoms with Crippen LogP contribution in [-0.2, 0) is 0 Å². The van der Waals surface area contributed by atoms with Gasteiger partial charge < -0.3 is 5.32 Å². The Kier molecular flexibility index (Phi) is 5.34. The van der Waals surface area contributed by atoms with E-state index in [0.29, 0.717) is 17.0 Å². The molecule has 0 aliphatic heterocycles. The normalized spacial score (nSPS) is 11.0. The third-order valence-electron chi connectivity index (χ3n) is 5.11. The Morgan fingerprint density at radius 1 is 1.14 bits per heavy atom. The standard InChI is InChI=1S/C22H15ClN8O4/c1-12-9-18(25-20(32)15-10-14(31(34)35)7-8-17(15)23)30(28-12)22-26-19-16(21(33)27-22)11-24-29(19)13-5-3-2-4-6-13/h2-11H,1H3,(H,25,32)(H,26,27,33). The van der Waals surface area contributed by atoms with Crippen LogP contribution in [0.5, 0.6) is 0 Å². The van der Waals surface area contributed by atoms with Crippen molar-refractivity contribution in [3.63, 3.8) is 0 Å². The van der Waals surface area contributed by atoms with Crippen LogP contribution >= 0.6 is 11.6 Å². The second-order valence-corrected chi connectivity index (χ2v) is 7.88. The molecule has 0 unspecified atom stereocenters. The van der Waals surface area contributed by atoms with E-state index in [1.165, 1.54) is 27.7 Å². The van der Waals surface area contributed by atoms with Gasteiger partial charge >= 0.3 is 0 Å². The van der Waals surface area contributed by atoms with Gasteiger partial charge in [-0.25, -0.2) is 4.68 Å². The molecule has 0 aliphatic rings. The predicted molar refractivity (Wildman–Crippen MR) is 127 cm³/mol. The van der Waals surface area contributed by atoms with E-state index in [1.807, 2.05) is 30.3 Å². The summed E-state index contributed by atoms with van der Waals surface area (Å²) in [5, 5.41) is 22.6. The molecule has 3 heterocycles. The number of para-hydroxylation sites is 1. The number of aromatic amines is 1. The molecule has 0 saturated heterocycles. The lowest BCUT2D eigenvalue weighted by atomic mass is 10.2. The number of hydrogen-bond acceptors (Lipinski definition) is 7. The number of hydrogen-bond donors (Lipinski definition) is 2. The first-order valence-electron chi connectivity index (χ1n) is 10.2. The minimum Gasteiger partial charge on any atom is -0.306 e. The topological polar surface area (TPSA) is 154 Å². The molecule has 0 aliphatic carbocycles. The fourth-order valence-electron chi connectivity index (χ4n) is 3.50. The first-order valence-corrected chi connectivity index (χ1v) is 10.6. The molecule has 35 heavy (non-hydrogen) atoms. The van der Waals surface area contributed by atoms with Gasteiger partial charge in [0.2, 0.25) is 5.95 Å². The van der Waals surface area contributed by atoms with Crippen molar-refractivity contribution in [3.8, 4) is 11.6 Å². The fraction of sp³-hybridized carbons (Fsp3) is 0.0455. The lowest BCUT2D eigenvalue weighted by Gasteiger charge is -2.09. The molecule has 5 rings (SSSR count). The Bertz CT molecular complexity index is 1670. The van der Waals surface area contributed by atoms with E-state index in [4.69, 9.17) is 11.6 Å². The number of carbonyl (C=O) groups is 1. The van der Waals surface area contributed by atoms with Gasteiger partial charge in [0.25, 0.3) is 17.2 Å². The number of halogens is 1. The molecular formula is C22H15ClN8O4. The number of aromatic nitrogens is 6. The Balaban J connectivity index is 1.57. The van der Waals surface area contributed by atoms with E-state index in [0.717, 1.165) is 6.07 Å². The maximum atomic E-state index is 12.9. The number of rotatable bonds is 5.